The van der Waals surface area contributed by atoms with Gasteiger partial charge in [-0.1, -0.05) is 30.3 Å². The molecule has 1 atom stereocenters. The molecule has 0 aromatic heterocycles. The van der Waals surface area contributed by atoms with Crippen LogP contribution in [-0.2, 0) is 30.5 Å². The lowest BCUT2D eigenvalue weighted by Crippen LogP contribution is -2.45. The highest BCUT2D eigenvalue weighted by Gasteiger charge is 2.40. The van der Waals surface area contributed by atoms with Gasteiger partial charge in [-0.15, -0.1) is 0 Å². The van der Waals surface area contributed by atoms with Gasteiger partial charge < -0.3 is 20.1 Å². The predicted molar refractivity (Wildman–Crippen MR) is 117 cm³/mol. The zero-order valence-corrected chi connectivity index (χ0v) is 18.2. The van der Waals surface area contributed by atoms with Crippen LogP contribution < -0.4 is 15.4 Å². The third-order valence-corrected chi connectivity index (χ3v) is 4.76. The number of nitrogens with one attached hydrogen (secondary N) is 2. The molecule has 35 heavy (non-hydrogen) atoms. The molecule has 0 unspecified atom stereocenters. The number of benzene rings is 2. The van der Waals surface area contributed by atoms with E-state index in [1.54, 1.807) is 30.3 Å². The summed E-state index contributed by atoms with van der Waals surface area (Å²) in [6.45, 7) is -1.25. The first-order valence-electron chi connectivity index (χ1n) is 10.3. The molecule has 13 heteroatoms. The van der Waals surface area contributed by atoms with Crippen molar-refractivity contribution in [2.24, 2.45) is 0 Å². The number of nitro groups is 1. The summed E-state index contributed by atoms with van der Waals surface area (Å²) in [5.41, 5.74) is 0.553. The molecule has 2 N–H and O–H groups in total. The van der Waals surface area contributed by atoms with Crippen LogP contribution in [-0.4, -0.2) is 58.7 Å². The van der Waals surface area contributed by atoms with E-state index in [9.17, 15) is 34.1 Å². The van der Waals surface area contributed by atoms with Crippen LogP contribution in [0.2, 0.25) is 0 Å². The second kappa shape index (κ2) is 11.4. The molecule has 0 bridgehead atoms. The monoisotopic (exact) mass is 484 g/mol. The van der Waals surface area contributed by atoms with Gasteiger partial charge in [-0.05, 0) is 17.7 Å². The van der Waals surface area contributed by atoms with Crippen molar-refractivity contribution in [1.82, 2.24) is 15.5 Å². The number of carbonyl (C=O) groups excluding carboxylic acids is 5. The van der Waals surface area contributed by atoms with Crippen molar-refractivity contribution >= 4 is 35.5 Å². The molecule has 4 amide bonds. The number of alkyl carbamates (subject to hydrolysis) is 1. The molecule has 1 fully saturated rings. The van der Waals surface area contributed by atoms with Crippen LogP contribution in [0.15, 0.2) is 54.6 Å². The Morgan fingerprint density at radius 3 is 2.40 bits per heavy atom. The molecule has 2 aromatic rings. The molecule has 1 aliphatic heterocycles. The van der Waals surface area contributed by atoms with E-state index in [0.717, 1.165) is 17.7 Å². The van der Waals surface area contributed by atoms with E-state index in [-0.39, 0.29) is 24.5 Å². The summed E-state index contributed by atoms with van der Waals surface area (Å²) in [7, 11) is 0. The van der Waals surface area contributed by atoms with Gasteiger partial charge in [0.15, 0.2) is 0 Å². The molecule has 1 aliphatic rings. The molecule has 0 aliphatic carbocycles. The summed E-state index contributed by atoms with van der Waals surface area (Å²) in [6.07, 6.45) is -1.23. The van der Waals surface area contributed by atoms with E-state index in [4.69, 9.17) is 9.47 Å². The van der Waals surface area contributed by atoms with Crippen molar-refractivity contribution in [2.45, 2.75) is 19.1 Å². The molecule has 0 radical (unpaired) electrons. The first-order chi connectivity index (χ1) is 16.7. The first-order valence-corrected chi connectivity index (χ1v) is 10.3. The minimum Gasteiger partial charge on any atom is -0.445 e. The highest BCUT2D eigenvalue weighted by atomic mass is 16.6. The summed E-state index contributed by atoms with van der Waals surface area (Å²) in [5.74, 6) is -3.10. The number of amides is 4. The van der Waals surface area contributed by atoms with Crippen molar-refractivity contribution in [3.05, 3.63) is 70.3 Å². The fraction of sp³-hybridized carbons (Fsp3) is 0.227. The maximum atomic E-state index is 12.4. The van der Waals surface area contributed by atoms with Crippen molar-refractivity contribution in [1.29, 1.82) is 0 Å². The number of hydrogen-bond acceptors (Lipinski definition) is 9. The molecule has 1 heterocycles. The Balaban J connectivity index is 1.41. The number of nitrogens with zero attached hydrogens (tertiary/aromatic N) is 2. The lowest BCUT2D eigenvalue weighted by molar-refractivity contribution is -0.384. The zero-order chi connectivity index (χ0) is 25.4. The number of non-ortho nitro benzene ring substituents is 1. The summed E-state index contributed by atoms with van der Waals surface area (Å²) >= 11 is 0. The molecule has 0 saturated carbocycles. The Hall–Kier alpha value is -4.81. The SMILES string of the molecule is O=C(CN1C(=O)C[C@@H](NC(=O)OCc2ccccc2)C1=O)NCC(=O)Oc1ccc([N+](=O)[O-])cc1. The highest BCUT2D eigenvalue weighted by Crippen LogP contribution is 2.17. The zero-order valence-electron chi connectivity index (χ0n) is 18.2. The third kappa shape index (κ3) is 7.08. The van der Waals surface area contributed by atoms with Crippen LogP contribution in [0, 0.1) is 10.1 Å². The Morgan fingerprint density at radius 1 is 1.06 bits per heavy atom. The highest BCUT2D eigenvalue weighted by molar-refractivity contribution is 6.08. The second-order valence-corrected chi connectivity index (χ2v) is 7.28. The number of nitro benzene ring substituents is 1. The Labute approximate surface area is 198 Å². The largest absolute Gasteiger partial charge is 0.445 e. The number of rotatable bonds is 9. The third-order valence-electron chi connectivity index (χ3n) is 4.76. The number of likely N-dealkylation sites (tertiary alicyclic amines) is 1. The lowest BCUT2D eigenvalue weighted by Gasteiger charge is -2.15. The van der Waals surface area contributed by atoms with E-state index in [1.165, 1.54) is 12.1 Å². The van der Waals surface area contributed by atoms with E-state index in [2.05, 4.69) is 10.6 Å². The number of esters is 1. The molecule has 3 rings (SSSR count). The Morgan fingerprint density at radius 2 is 1.74 bits per heavy atom. The standard InChI is InChI=1S/C22H20N4O9/c27-18(23-11-20(29)35-16-8-6-15(7-9-16)26(32)33)12-25-19(28)10-17(21(25)30)24-22(31)34-13-14-4-2-1-3-5-14/h1-9,17H,10-13H2,(H,23,27)(H,24,31)/t17-/m1/s1. The quantitative estimate of drug-likeness (QED) is 0.170. The summed E-state index contributed by atoms with van der Waals surface area (Å²) < 4.78 is 9.97. The van der Waals surface area contributed by atoms with E-state index in [1.807, 2.05) is 0 Å². The molecular formula is C22H20N4O9. The minimum absolute atomic E-state index is 0.0242. The van der Waals surface area contributed by atoms with Crippen molar-refractivity contribution < 1.29 is 38.4 Å². The van der Waals surface area contributed by atoms with Gasteiger partial charge in [-0.25, -0.2) is 9.59 Å². The van der Waals surface area contributed by atoms with Gasteiger partial charge in [-0.2, -0.15) is 0 Å². The van der Waals surface area contributed by atoms with Crippen LogP contribution in [0.25, 0.3) is 0 Å². The molecule has 182 valence electrons. The summed E-state index contributed by atoms with van der Waals surface area (Å²) in [4.78, 5) is 71.2. The first kappa shape index (κ1) is 24.8. The molecule has 13 nitrogen and oxygen atoms in total. The maximum Gasteiger partial charge on any atom is 0.408 e. The van der Waals surface area contributed by atoms with Crippen LogP contribution in [0.5, 0.6) is 5.75 Å². The van der Waals surface area contributed by atoms with Gasteiger partial charge in [0, 0.05) is 12.1 Å². The van der Waals surface area contributed by atoms with Gasteiger partial charge in [0.1, 0.15) is 31.5 Å². The van der Waals surface area contributed by atoms with Crippen LogP contribution in [0.3, 0.4) is 0 Å². The smallest absolute Gasteiger partial charge is 0.408 e. The second-order valence-electron chi connectivity index (χ2n) is 7.28. The van der Waals surface area contributed by atoms with E-state index in [0.29, 0.717) is 4.90 Å². The number of ether oxygens (including phenoxy) is 2. The molecule has 1 saturated heterocycles. The normalized spacial score (nSPS) is 14.9. The molecular weight excluding hydrogens is 464 g/mol. The van der Waals surface area contributed by atoms with Crippen molar-refractivity contribution in [3.8, 4) is 5.75 Å². The van der Waals surface area contributed by atoms with Gasteiger partial charge in [0.05, 0.1) is 11.3 Å². The van der Waals surface area contributed by atoms with E-state index < -0.39 is 53.8 Å². The Bertz CT molecular complexity index is 1140. The van der Waals surface area contributed by atoms with Gasteiger partial charge in [-0.3, -0.25) is 29.4 Å². The van der Waals surface area contributed by atoms with Crippen molar-refractivity contribution in [3.63, 3.8) is 0 Å². The average Bonchev–Trinajstić information content (AvgIpc) is 3.09. The number of carbonyl (C=O) groups is 5. The predicted octanol–water partition coefficient (Wildman–Crippen LogP) is 0.670. The van der Waals surface area contributed by atoms with Crippen LogP contribution in [0.1, 0.15) is 12.0 Å². The molecule has 2 aromatic carbocycles. The van der Waals surface area contributed by atoms with Crippen LogP contribution >= 0.6 is 0 Å². The Kier molecular flexibility index (Phi) is 8.06. The number of hydrogen-bond donors (Lipinski definition) is 2. The summed E-state index contributed by atoms with van der Waals surface area (Å²) in [5, 5.41) is 15.1. The van der Waals surface area contributed by atoms with Crippen molar-refractivity contribution in [2.75, 3.05) is 13.1 Å². The van der Waals surface area contributed by atoms with Gasteiger partial charge in [0.25, 0.3) is 11.6 Å². The van der Waals surface area contributed by atoms with E-state index >= 15 is 0 Å². The van der Waals surface area contributed by atoms with Gasteiger partial charge in [0.2, 0.25) is 11.8 Å². The average molecular weight is 484 g/mol. The molecule has 0 spiro atoms. The maximum absolute atomic E-state index is 12.4. The lowest BCUT2D eigenvalue weighted by atomic mass is 10.2. The minimum atomic E-state index is -1.18. The van der Waals surface area contributed by atoms with Crippen LogP contribution in [0.4, 0.5) is 10.5 Å². The fourth-order valence-corrected chi connectivity index (χ4v) is 3.04. The summed E-state index contributed by atoms with van der Waals surface area (Å²) in [6, 6.07) is 12.4. The van der Waals surface area contributed by atoms with Gasteiger partial charge >= 0.3 is 12.1 Å². The fourth-order valence-electron chi connectivity index (χ4n) is 3.04. The number of imide groups is 1. The topological polar surface area (TPSA) is 174 Å².